The molecular formula is C23H28N+. The Kier molecular flexibility index (Phi) is 6.17. The van der Waals surface area contributed by atoms with Crippen LogP contribution >= 0.6 is 0 Å². The Morgan fingerprint density at radius 1 is 0.792 bits per heavy atom. The Bertz CT molecular complexity index is 669. The second kappa shape index (κ2) is 8.77. The fourth-order valence-corrected chi connectivity index (χ4v) is 3.66. The van der Waals surface area contributed by atoms with Crippen LogP contribution in [0.3, 0.4) is 0 Å². The van der Waals surface area contributed by atoms with Gasteiger partial charge < -0.3 is 4.48 Å². The Morgan fingerprint density at radius 2 is 1.54 bits per heavy atom. The number of rotatable bonds is 2. The summed E-state index contributed by atoms with van der Waals surface area (Å²) in [7, 11) is 0. The van der Waals surface area contributed by atoms with Crippen LogP contribution in [-0.4, -0.2) is 30.7 Å². The van der Waals surface area contributed by atoms with Gasteiger partial charge >= 0.3 is 0 Å². The van der Waals surface area contributed by atoms with Crippen LogP contribution < -0.4 is 0 Å². The molecule has 24 heavy (non-hydrogen) atoms. The smallest absolute Gasteiger partial charge is 0.142 e. The van der Waals surface area contributed by atoms with Crippen LogP contribution in [0.4, 0.5) is 0 Å². The summed E-state index contributed by atoms with van der Waals surface area (Å²) in [6.07, 6.45) is 11.4. The van der Waals surface area contributed by atoms with Gasteiger partial charge in [0, 0.05) is 5.56 Å². The van der Waals surface area contributed by atoms with Gasteiger partial charge in [-0.15, -0.1) is 0 Å². The van der Waals surface area contributed by atoms with E-state index in [9.17, 15) is 0 Å². The molecule has 1 saturated heterocycles. The molecule has 1 fully saturated rings. The van der Waals surface area contributed by atoms with Crippen LogP contribution in [0.2, 0.25) is 0 Å². The second-order valence-corrected chi connectivity index (χ2v) is 7.11. The van der Waals surface area contributed by atoms with Crippen molar-refractivity contribution in [3.63, 3.8) is 0 Å². The molecule has 0 N–H and O–H groups in total. The lowest BCUT2D eigenvalue weighted by atomic mass is 10.00. The molecule has 2 aliphatic rings. The lowest BCUT2D eigenvalue weighted by molar-refractivity contribution is -0.919. The zero-order valence-electron chi connectivity index (χ0n) is 14.7. The molecule has 0 aromatic heterocycles. The Labute approximate surface area is 147 Å². The van der Waals surface area contributed by atoms with Gasteiger partial charge in [-0.3, -0.25) is 0 Å². The summed E-state index contributed by atoms with van der Waals surface area (Å²) in [4.78, 5) is 0. The molecule has 1 heterocycles. The number of benzene rings is 1. The molecule has 0 radical (unpaired) electrons. The highest BCUT2D eigenvalue weighted by molar-refractivity contribution is 5.33. The summed E-state index contributed by atoms with van der Waals surface area (Å²) in [5.74, 6) is 13.7. The van der Waals surface area contributed by atoms with Gasteiger partial charge in [0.15, 0.2) is 0 Å². The first-order valence-electron chi connectivity index (χ1n) is 9.43. The minimum Gasteiger partial charge on any atom is -0.303 e. The Balaban J connectivity index is 1.65. The summed E-state index contributed by atoms with van der Waals surface area (Å²) in [5.41, 5.74) is 2.48. The molecule has 1 aromatic rings. The third-order valence-electron chi connectivity index (χ3n) is 5.14. The molecule has 0 amide bonds. The molecule has 0 unspecified atom stereocenters. The van der Waals surface area contributed by atoms with E-state index in [4.69, 9.17) is 0 Å². The van der Waals surface area contributed by atoms with Gasteiger partial charge in [-0.2, -0.15) is 0 Å². The third kappa shape index (κ3) is 5.02. The van der Waals surface area contributed by atoms with Gasteiger partial charge in [0.2, 0.25) is 0 Å². The largest absolute Gasteiger partial charge is 0.303 e. The highest BCUT2D eigenvalue weighted by atomic mass is 15.3. The van der Waals surface area contributed by atoms with Crippen LogP contribution in [0.5, 0.6) is 0 Å². The molecule has 3 rings (SSSR count). The molecule has 1 nitrogen and oxygen atoms in total. The van der Waals surface area contributed by atoms with E-state index in [1.165, 1.54) is 63.6 Å². The van der Waals surface area contributed by atoms with Gasteiger partial charge in [-0.25, -0.2) is 0 Å². The van der Waals surface area contributed by atoms with Crippen LogP contribution in [-0.2, 0) is 0 Å². The number of hydrogen-bond donors (Lipinski definition) is 0. The molecule has 1 aliphatic heterocycles. The molecule has 1 aliphatic carbocycles. The molecule has 0 bridgehead atoms. The summed E-state index contributed by atoms with van der Waals surface area (Å²) < 4.78 is 1.07. The Hall–Kier alpha value is -1.96. The molecule has 1 aromatic carbocycles. The predicted octanol–water partition coefficient (Wildman–Crippen LogP) is 4.54. The Morgan fingerprint density at radius 3 is 2.25 bits per heavy atom. The van der Waals surface area contributed by atoms with Crippen molar-refractivity contribution < 1.29 is 4.48 Å². The maximum atomic E-state index is 3.50. The number of allylic oxidation sites excluding steroid dienone is 2. The topological polar surface area (TPSA) is 0 Å². The van der Waals surface area contributed by atoms with Gasteiger partial charge in [-0.05, 0) is 74.5 Å². The quantitative estimate of drug-likeness (QED) is 0.554. The maximum Gasteiger partial charge on any atom is 0.142 e. The number of likely N-dealkylation sites (tertiary alicyclic amines) is 1. The molecule has 1 heteroatoms. The van der Waals surface area contributed by atoms with Gasteiger partial charge in [-0.1, -0.05) is 36.1 Å². The molecule has 0 saturated carbocycles. The minimum atomic E-state index is 0.933. The first-order valence-corrected chi connectivity index (χ1v) is 9.43. The fraction of sp³-hybridized carbons (Fsp3) is 0.478. The summed E-state index contributed by atoms with van der Waals surface area (Å²) in [6.45, 7) is 4.36. The summed E-state index contributed by atoms with van der Waals surface area (Å²) in [5, 5.41) is 0. The second-order valence-electron chi connectivity index (χ2n) is 7.11. The number of hydrogen-bond acceptors (Lipinski definition) is 0. The average molecular weight is 318 g/mol. The van der Waals surface area contributed by atoms with Crippen LogP contribution in [0.15, 0.2) is 42.0 Å². The van der Waals surface area contributed by atoms with E-state index in [0.29, 0.717) is 0 Å². The van der Waals surface area contributed by atoms with E-state index in [2.05, 4.69) is 54.0 Å². The van der Waals surface area contributed by atoms with Crippen molar-refractivity contribution in [1.82, 2.24) is 0 Å². The minimum absolute atomic E-state index is 0.933. The van der Waals surface area contributed by atoms with Crippen molar-refractivity contribution >= 4 is 0 Å². The van der Waals surface area contributed by atoms with Crippen molar-refractivity contribution in [2.45, 2.75) is 44.9 Å². The first kappa shape index (κ1) is 16.9. The molecular weight excluding hydrogens is 290 g/mol. The van der Waals surface area contributed by atoms with Crippen LogP contribution in [0.1, 0.15) is 50.5 Å². The van der Waals surface area contributed by atoms with Gasteiger partial charge in [0.25, 0.3) is 0 Å². The highest BCUT2D eigenvalue weighted by Gasteiger charge is 2.27. The van der Waals surface area contributed by atoms with Crippen molar-refractivity contribution in [3.8, 4) is 23.7 Å². The third-order valence-corrected chi connectivity index (χ3v) is 5.14. The van der Waals surface area contributed by atoms with E-state index in [1.807, 2.05) is 6.07 Å². The van der Waals surface area contributed by atoms with Crippen molar-refractivity contribution in [1.29, 1.82) is 0 Å². The van der Waals surface area contributed by atoms with E-state index in [0.717, 1.165) is 23.1 Å². The zero-order chi connectivity index (χ0) is 16.5. The first-order chi connectivity index (χ1) is 11.9. The SMILES string of the molecule is C(#CC1=CCCCC1)C[N+]1(CC#Cc2ccccc2)CCCCC1. The number of quaternary nitrogens is 1. The summed E-state index contributed by atoms with van der Waals surface area (Å²) in [6, 6.07) is 10.3. The van der Waals surface area contributed by atoms with Gasteiger partial charge in [0.05, 0.1) is 13.1 Å². The average Bonchev–Trinajstić information content (AvgIpc) is 2.64. The highest BCUT2D eigenvalue weighted by Crippen LogP contribution is 2.19. The normalized spacial score (nSPS) is 19.2. The summed E-state index contributed by atoms with van der Waals surface area (Å²) >= 11 is 0. The van der Waals surface area contributed by atoms with E-state index in [1.54, 1.807) is 0 Å². The van der Waals surface area contributed by atoms with E-state index >= 15 is 0 Å². The van der Waals surface area contributed by atoms with Crippen LogP contribution in [0, 0.1) is 23.7 Å². The molecule has 0 spiro atoms. The maximum absolute atomic E-state index is 3.50. The van der Waals surface area contributed by atoms with Crippen molar-refractivity contribution in [2.24, 2.45) is 0 Å². The van der Waals surface area contributed by atoms with E-state index in [-0.39, 0.29) is 0 Å². The predicted molar refractivity (Wildman–Crippen MR) is 101 cm³/mol. The number of nitrogens with zero attached hydrogens (tertiary/aromatic N) is 1. The monoisotopic (exact) mass is 318 g/mol. The zero-order valence-corrected chi connectivity index (χ0v) is 14.7. The lowest BCUT2D eigenvalue weighted by Crippen LogP contribution is -2.52. The van der Waals surface area contributed by atoms with Crippen molar-refractivity contribution in [3.05, 3.63) is 47.5 Å². The van der Waals surface area contributed by atoms with Crippen LogP contribution in [0.25, 0.3) is 0 Å². The van der Waals surface area contributed by atoms with Crippen molar-refractivity contribution in [2.75, 3.05) is 26.2 Å². The van der Waals surface area contributed by atoms with E-state index < -0.39 is 0 Å². The standard InChI is InChI=1S/C23H28N/c1-4-12-22(13-5-1)16-10-20-24(18-8-3-9-19-24)21-11-17-23-14-6-2-7-15-23/h1,4-5,12-14H,2-3,6-9,15,18-21H2/q+1. The lowest BCUT2D eigenvalue weighted by Gasteiger charge is -2.38. The fourth-order valence-electron chi connectivity index (χ4n) is 3.66. The van der Waals surface area contributed by atoms with Gasteiger partial charge in [0.1, 0.15) is 13.1 Å². The number of piperidine rings is 1. The molecule has 0 atom stereocenters. The molecule has 124 valence electrons.